The molecule has 2 aromatic rings. The molecule has 1 unspecified atom stereocenters. The Hall–Kier alpha value is -2.36. The molecule has 4 rings (SSSR count). The van der Waals surface area contributed by atoms with Gasteiger partial charge in [-0.3, -0.25) is 4.57 Å². The molecule has 106 valence electrons. The smallest absolute Gasteiger partial charge is 0.349 e. The summed E-state index contributed by atoms with van der Waals surface area (Å²) in [7, 11) is 0. The fourth-order valence-electron chi connectivity index (χ4n) is 3.20. The van der Waals surface area contributed by atoms with E-state index in [-0.39, 0.29) is 5.69 Å². The van der Waals surface area contributed by atoms with E-state index in [1.807, 2.05) is 24.3 Å². The molecule has 0 bridgehead atoms. The van der Waals surface area contributed by atoms with Crippen LogP contribution >= 0.6 is 0 Å². The highest BCUT2D eigenvalue weighted by atomic mass is 16.1. The zero-order chi connectivity index (χ0) is 14.2. The first-order valence-corrected chi connectivity index (χ1v) is 7.43. The molecule has 0 fully saturated rings. The van der Waals surface area contributed by atoms with E-state index >= 15 is 0 Å². The molecule has 1 aliphatic heterocycles. The van der Waals surface area contributed by atoms with Gasteiger partial charge in [-0.2, -0.15) is 4.98 Å². The van der Waals surface area contributed by atoms with Gasteiger partial charge in [-0.15, -0.1) is 0 Å². The molecule has 0 saturated carbocycles. The average Bonchev–Trinajstić information content (AvgIpc) is 2.55. The Kier molecular flexibility index (Phi) is 2.88. The number of aromatic nitrogens is 2. The predicted molar refractivity (Wildman–Crippen MR) is 84.4 cm³/mol. The Morgan fingerprint density at radius 2 is 2.14 bits per heavy atom. The first kappa shape index (κ1) is 12.4. The number of rotatable bonds is 1. The lowest BCUT2D eigenvalue weighted by atomic mass is 9.92. The van der Waals surface area contributed by atoms with E-state index in [2.05, 4.69) is 28.5 Å². The summed E-state index contributed by atoms with van der Waals surface area (Å²) in [6.07, 6.45) is 8.91. The summed E-state index contributed by atoms with van der Waals surface area (Å²) in [6.45, 7) is 1.57. The molecular formula is C17H17N3O. The van der Waals surface area contributed by atoms with Gasteiger partial charge in [-0.25, -0.2) is 4.79 Å². The van der Waals surface area contributed by atoms with Crippen molar-refractivity contribution in [2.45, 2.75) is 19.4 Å². The van der Waals surface area contributed by atoms with E-state index in [0.717, 1.165) is 36.1 Å². The number of anilines is 1. The maximum Gasteiger partial charge on any atom is 0.349 e. The molecular weight excluding hydrogens is 262 g/mol. The van der Waals surface area contributed by atoms with Crippen LogP contribution in [0.3, 0.4) is 0 Å². The second kappa shape index (κ2) is 4.88. The normalized spacial score (nSPS) is 20.8. The molecule has 0 saturated heterocycles. The third-order valence-corrected chi connectivity index (χ3v) is 4.29. The third-order valence-electron chi connectivity index (χ3n) is 4.29. The lowest BCUT2D eigenvalue weighted by Crippen LogP contribution is -2.37. The molecule has 2 heterocycles. The zero-order valence-electron chi connectivity index (χ0n) is 11.7. The van der Waals surface area contributed by atoms with Gasteiger partial charge >= 0.3 is 5.69 Å². The van der Waals surface area contributed by atoms with E-state index in [1.54, 1.807) is 4.57 Å². The highest BCUT2D eigenvalue weighted by molar-refractivity contribution is 5.89. The number of nitrogens with one attached hydrogen (secondary N) is 1. The summed E-state index contributed by atoms with van der Waals surface area (Å²) in [4.78, 5) is 16.5. The molecule has 0 amide bonds. The third kappa shape index (κ3) is 2.07. The lowest BCUT2D eigenvalue weighted by Gasteiger charge is -2.29. The van der Waals surface area contributed by atoms with Crippen LogP contribution < -0.4 is 11.0 Å². The minimum atomic E-state index is -0.165. The molecule has 1 aromatic carbocycles. The molecule has 0 spiro atoms. The summed E-state index contributed by atoms with van der Waals surface area (Å²) in [6, 6.07) is 7.79. The van der Waals surface area contributed by atoms with E-state index in [9.17, 15) is 4.79 Å². The molecule has 0 radical (unpaired) electrons. The van der Waals surface area contributed by atoms with Gasteiger partial charge in [0.05, 0.1) is 5.52 Å². The average molecular weight is 279 g/mol. The molecule has 1 atom stereocenters. The van der Waals surface area contributed by atoms with Gasteiger partial charge in [0, 0.05) is 24.4 Å². The topological polar surface area (TPSA) is 46.9 Å². The highest BCUT2D eigenvalue weighted by Gasteiger charge is 2.23. The van der Waals surface area contributed by atoms with Crippen molar-refractivity contribution in [3.05, 3.63) is 58.6 Å². The number of hydrogen-bond acceptors (Lipinski definition) is 3. The Labute approximate surface area is 122 Å². The summed E-state index contributed by atoms with van der Waals surface area (Å²) in [5, 5.41) is 4.46. The van der Waals surface area contributed by atoms with Crippen LogP contribution in [-0.2, 0) is 6.54 Å². The number of fused-ring (bicyclic) bond motifs is 3. The van der Waals surface area contributed by atoms with Gasteiger partial charge in [0.1, 0.15) is 5.82 Å². The van der Waals surface area contributed by atoms with Gasteiger partial charge in [0.2, 0.25) is 0 Å². The fourth-order valence-corrected chi connectivity index (χ4v) is 3.20. The Balaban J connectivity index is 1.79. The number of benzene rings is 1. The van der Waals surface area contributed by atoms with Crippen molar-refractivity contribution in [3.8, 4) is 0 Å². The molecule has 4 nitrogen and oxygen atoms in total. The maximum absolute atomic E-state index is 12.3. The minimum absolute atomic E-state index is 0.165. The SMILES string of the molecule is O=c1nc2ccccc2c2n1CC(C1=CCCC=C1)CN2. The van der Waals surface area contributed by atoms with Crippen LogP contribution in [0.4, 0.5) is 5.82 Å². The summed E-state index contributed by atoms with van der Waals surface area (Å²) in [5.41, 5.74) is 1.93. The van der Waals surface area contributed by atoms with Crippen molar-refractivity contribution in [1.29, 1.82) is 0 Å². The standard InChI is InChI=1S/C17H17N3O/c21-17-19-15-9-5-4-8-14(15)16-18-10-13(11-20(16)17)12-6-2-1-3-7-12/h2,4-9,13,18H,1,3,10-11H2. The first-order chi connectivity index (χ1) is 10.3. The minimum Gasteiger partial charge on any atom is -0.370 e. The summed E-state index contributed by atoms with van der Waals surface area (Å²) < 4.78 is 1.78. The highest BCUT2D eigenvalue weighted by Crippen LogP contribution is 2.28. The molecule has 1 aromatic heterocycles. The zero-order valence-corrected chi connectivity index (χ0v) is 11.7. The summed E-state index contributed by atoms with van der Waals surface area (Å²) in [5.74, 6) is 1.25. The van der Waals surface area contributed by atoms with Gasteiger partial charge < -0.3 is 5.32 Å². The second-order valence-electron chi connectivity index (χ2n) is 5.63. The van der Waals surface area contributed by atoms with E-state index in [1.165, 1.54) is 5.57 Å². The number of para-hydroxylation sites is 1. The molecule has 1 N–H and O–H groups in total. The molecule has 21 heavy (non-hydrogen) atoms. The van der Waals surface area contributed by atoms with Crippen LogP contribution in [0.1, 0.15) is 12.8 Å². The van der Waals surface area contributed by atoms with Gasteiger partial charge in [0.25, 0.3) is 0 Å². The second-order valence-corrected chi connectivity index (χ2v) is 5.63. The van der Waals surface area contributed by atoms with Crippen LogP contribution in [0.25, 0.3) is 10.9 Å². The van der Waals surface area contributed by atoms with Crippen molar-refractivity contribution in [3.63, 3.8) is 0 Å². The molecule has 1 aliphatic carbocycles. The predicted octanol–water partition coefficient (Wildman–Crippen LogP) is 2.71. The van der Waals surface area contributed by atoms with Crippen LogP contribution in [0.2, 0.25) is 0 Å². The Bertz CT molecular complexity index is 816. The quantitative estimate of drug-likeness (QED) is 0.873. The van der Waals surface area contributed by atoms with E-state index in [4.69, 9.17) is 0 Å². The first-order valence-electron chi connectivity index (χ1n) is 7.43. The van der Waals surface area contributed by atoms with Crippen molar-refractivity contribution in [2.24, 2.45) is 5.92 Å². The van der Waals surface area contributed by atoms with E-state index < -0.39 is 0 Å². The van der Waals surface area contributed by atoms with Crippen LogP contribution in [0.15, 0.2) is 52.9 Å². The fraction of sp³-hybridized carbons (Fsp3) is 0.294. The van der Waals surface area contributed by atoms with Crippen molar-refractivity contribution < 1.29 is 0 Å². The Morgan fingerprint density at radius 3 is 3.00 bits per heavy atom. The number of allylic oxidation sites excluding steroid dienone is 3. The number of hydrogen-bond donors (Lipinski definition) is 1. The monoisotopic (exact) mass is 279 g/mol. The number of nitrogens with zero attached hydrogens (tertiary/aromatic N) is 2. The van der Waals surface area contributed by atoms with Crippen LogP contribution in [-0.4, -0.2) is 16.1 Å². The van der Waals surface area contributed by atoms with Crippen molar-refractivity contribution in [2.75, 3.05) is 11.9 Å². The van der Waals surface area contributed by atoms with Crippen LogP contribution in [0, 0.1) is 5.92 Å². The largest absolute Gasteiger partial charge is 0.370 e. The van der Waals surface area contributed by atoms with Crippen LogP contribution in [0.5, 0.6) is 0 Å². The lowest BCUT2D eigenvalue weighted by molar-refractivity contribution is 0.489. The van der Waals surface area contributed by atoms with Gasteiger partial charge in [-0.05, 0) is 30.5 Å². The van der Waals surface area contributed by atoms with Crippen molar-refractivity contribution >= 4 is 16.7 Å². The van der Waals surface area contributed by atoms with Crippen molar-refractivity contribution in [1.82, 2.24) is 9.55 Å². The van der Waals surface area contributed by atoms with Gasteiger partial charge in [0.15, 0.2) is 0 Å². The Morgan fingerprint density at radius 1 is 1.24 bits per heavy atom. The van der Waals surface area contributed by atoms with E-state index in [0.29, 0.717) is 12.5 Å². The van der Waals surface area contributed by atoms with Gasteiger partial charge in [-0.1, -0.05) is 30.4 Å². The maximum atomic E-state index is 12.3. The molecule has 4 heteroatoms. The molecule has 2 aliphatic rings. The summed E-state index contributed by atoms with van der Waals surface area (Å²) >= 11 is 0.